The fourth-order valence-electron chi connectivity index (χ4n) is 3.85. The zero-order chi connectivity index (χ0) is 21.3. The van der Waals surface area contributed by atoms with Crippen LogP contribution in [0.15, 0.2) is 36.4 Å². The third-order valence-electron chi connectivity index (χ3n) is 5.41. The molecule has 1 aromatic heterocycles. The van der Waals surface area contributed by atoms with Crippen LogP contribution in [-0.2, 0) is 0 Å². The van der Waals surface area contributed by atoms with Crippen LogP contribution in [0.25, 0.3) is 11.3 Å². The largest absolute Gasteiger partial charge is 0.286 e. The van der Waals surface area contributed by atoms with Crippen LogP contribution in [0.5, 0.6) is 0 Å². The van der Waals surface area contributed by atoms with Gasteiger partial charge in [0.1, 0.15) is 0 Å². The number of carbonyl (C=O) groups is 1. The van der Waals surface area contributed by atoms with E-state index < -0.39 is 0 Å². The van der Waals surface area contributed by atoms with E-state index >= 15 is 0 Å². The summed E-state index contributed by atoms with van der Waals surface area (Å²) in [6, 6.07) is 5.24. The highest BCUT2D eigenvalue weighted by Gasteiger charge is 2.26. The SMILES string of the molecule is Cc1c(C(=O)NN2CCCCC2)nn(-c2ccc(Cl)cc2Cl)c1C1=CCC(Cl)C=C1. The maximum Gasteiger partial charge on any atom is 0.286 e. The molecule has 0 bridgehead atoms. The number of aromatic nitrogens is 2. The van der Waals surface area contributed by atoms with Crippen molar-refractivity contribution < 1.29 is 4.79 Å². The first-order valence-electron chi connectivity index (χ1n) is 10.1. The lowest BCUT2D eigenvalue weighted by Gasteiger charge is -2.26. The first kappa shape index (κ1) is 21.4. The molecule has 1 atom stereocenters. The number of halogens is 3. The summed E-state index contributed by atoms with van der Waals surface area (Å²) >= 11 is 18.8. The van der Waals surface area contributed by atoms with Crippen molar-refractivity contribution in [1.29, 1.82) is 0 Å². The molecule has 1 aromatic carbocycles. The molecule has 1 unspecified atom stereocenters. The summed E-state index contributed by atoms with van der Waals surface area (Å²) in [5.74, 6) is -0.213. The summed E-state index contributed by atoms with van der Waals surface area (Å²) in [6.45, 7) is 3.62. The van der Waals surface area contributed by atoms with Crippen molar-refractivity contribution in [3.63, 3.8) is 0 Å². The Kier molecular flexibility index (Phi) is 6.54. The Morgan fingerprint density at radius 1 is 1.20 bits per heavy atom. The van der Waals surface area contributed by atoms with Crippen LogP contribution in [0.4, 0.5) is 0 Å². The van der Waals surface area contributed by atoms with E-state index in [1.165, 1.54) is 6.42 Å². The second-order valence-corrected chi connectivity index (χ2v) is 8.99. The molecule has 2 heterocycles. The summed E-state index contributed by atoms with van der Waals surface area (Å²) in [5, 5.41) is 7.61. The number of hydrazine groups is 1. The van der Waals surface area contributed by atoms with Crippen molar-refractivity contribution in [2.24, 2.45) is 0 Å². The molecule has 0 saturated carbocycles. The van der Waals surface area contributed by atoms with E-state index in [9.17, 15) is 4.79 Å². The Morgan fingerprint density at radius 2 is 1.97 bits per heavy atom. The number of rotatable bonds is 4. The molecule has 4 rings (SSSR count). The molecule has 1 N–H and O–H groups in total. The molecule has 158 valence electrons. The highest BCUT2D eigenvalue weighted by atomic mass is 35.5. The molecule has 30 heavy (non-hydrogen) atoms. The number of carbonyl (C=O) groups excluding carboxylic acids is 1. The van der Waals surface area contributed by atoms with Crippen LogP contribution in [-0.4, -0.2) is 39.2 Å². The lowest BCUT2D eigenvalue weighted by atomic mass is 10.00. The van der Waals surface area contributed by atoms with Crippen molar-refractivity contribution in [3.05, 3.63) is 63.4 Å². The number of piperidine rings is 1. The quantitative estimate of drug-likeness (QED) is 0.601. The van der Waals surface area contributed by atoms with Gasteiger partial charge in [-0.1, -0.05) is 47.9 Å². The molecule has 1 amide bonds. The van der Waals surface area contributed by atoms with Gasteiger partial charge >= 0.3 is 0 Å². The van der Waals surface area contributed by atoms with Crippen molar-refractivity contribution in [2.75, 3.05) is 13.1 Å². The number of alkyl halides is 1. The van der Waals surface area contributed by atoms with Gasteiger partial charge in [-0.3, -0.25) is 10.2 Å². The summed E-state index contributed by atoms with van der Waals surface area (Å²) < 4.78 is 1.73. The minimum Gasteiger partial charge on any atom is -0.283 e. The van der Waals surface area contributed by atoms with E-state index in [1.54, 1.807) is 16.8 Å². The van der Waals surface area contributed by atoms with Crippen LogP contribution in [0.1, 0.15) is 47.4 Å². The Morgan fingerprint density at radius 3 is 2.63 bits per heavy atom. The Balaban J connectivity index is 1.77. The van der Waals surface area contributed by atoms with Crippen LogP contribution < -0.4 is 5.43 Å². The van der Waals surface area contributed by atoms with E-state index in [2.05, 4.69) is 16.6 Å². The van der Waals surface area contributed by atoms with Gasteiger partial charge in [0.15, 0.2) is 5.69 Å². The summed E-state index contributed by atoms with van der Waals surface area (Å²) in [5.41, 5.74) is 6.62. The van der Waals surface area contributed by atoms with Crippen LogP contribution >= 0.6 is 34.8 Å². The second kappa shape index (κ2) is 9.15. The van der Waals surface area contributed by atoms with Crippen molar-refractivity contribution in [1.82, 2.24) is 20.2 Å². The lowest BCUT2D eigenvalue weighted by molar-refractivity contribution is 0.0743. The smallest absolute Gasteiger partial charge is 0.283 e. The van der Waals surface area contributed by atoms with E-state index in [1.807, 2.05) is 30.2 Å². The molecule has 1 aliphatic carbocycles. The third-order valence-corrected chi connectivity index (χ3v) is 6.27. The molecule has 1 saturated heterocycles. The van der Waals surface area contributed by atoms with Crippen LogP contribution in [0, 0.1) is 6.92 Å². The Bertz CT molecular complexity index is 1020. The Labute approximate surface area is 191 Å². The predicted molar refractivity (Wildman–Crippen MR) is 123 cm³/mol. The predicted octanol–water partition coefficient (Wildman–Crippen LogP) is 5.57. The minimum absolute atomic E-state index is 0.0357. The summed E-state index contributed by atoms with van der Waals surface area (Å²) in [4.78, 5) is 13.1. The van der Waals surface area contributed by atoms with Gasteiger partial charge in [0.05, 0.1) is 21.8 Å². The maximum atomic E-state index is 13.1. The fourth-order valence-corrected chi connectivity index (χ4v) is 4.50. The van der Waals surface area contributed by atoms with Crippen molar-refractivity contribution >= 4 is 46.3 Å². The highest BCUT2D eigenvalue weighted by molar-refractivity contribution is 6.35. The molecule has 0 radical (unpaired) electrons. The lowest BCUT2D eigenvalue weighted by Crippen LogP contribution is -2.45. The molecular weight excluding hydrogens is 443 g/mol. The monoisotopic (exact) mass is 464 g/mol. The topological polar surface area (TPSA) is 50.2 Å². The van der Waals surface area contributed by atoms with Crippen LogP contribution in [0.3, 0.4) is 0 Å². The molecule has 5 nitrogen and oxygen atoms in total. The van der Waals surface area contributed by atoms with Crippen molar-refractivity contribution in [3.8, 4) is 5.69 Å². The van der Waals surface area contributed by atoms with Crippen molar-refractivity contribution in [2.45, 2.75) is 38.0 Å². The fraction of sp³-hybridized carbons (Fsp3) is 0.364. The number of benzene rings is 1. The molecule has 0 spiro atoms. The van der Waals surface area contributed by atoms with Gasteiger partial charge in [-0.15, -0.1) is 11.6 Å². The van der Waals surface area contributed by atoms with Gasteiger partial charge in [-0.05, 0) is 50.0 Å². The normalized spacial score (nSPS) is 19.6. The number of amides is 1. The molecule has 8 heteroatoms. The minimum atomic E-state index is -0.213. The number of nitrogens with zero attached hydrogens (tertiary/aromatic N) is 3. The zero-order valence-electron chi connectivity index (χ0n) is 16.7. The molecule has 2 aromatic rings. The average molecular weight is 466 g/mol. The van der Waals surface area contributed by atoms with E-state index in [-0.39, 0.29) is 11.3 Å². The number of hydrogen-bond donors (Lipinski definition) is 1. The molecule has 1 fully saturated rings. The molecule has 2 aliphatic rings. The van der Waals surface area contributed by atoms with Gasteiger partial charge in [-0.2, -0.15) is 5.10 Å². The molecular formula is C22H23Cl3N4O. The first-order chi connectivity index (χ1) is 14.4. The highest BCUT2D eigenvalue weighted by Crippen LogP contribution is 2.33. The Hall–Kier alpha value is -1.79. The number of allylic oxidation sites excluding steroid dienone is 4. The van der Waals surface area contributed by atoms with Gasteiger partial charge in [0.25, 0.3) is 5.91 Å². The summed E-state index contributed by atoms with van der Waals surface area (Å²) in [6.07, 6.45) is 10.0. The summed E-state index contributed by atoms with van der Waals surface area (Å²) in [7, 11) is 0. The number of hydrogen-bond acceptors (Lipinski definition) is 3. The van der Waals surface area contributed by atoms with E-state index in [0.29, 0.717) is 27.8 Å². The van der Waals surface area contributed by atoms with Gasteiger partial charge in [0.2, 0.25) is 0 Å². The van der Waals surface area contributed by atoms with E-state index in [0.717, 1.165) is 42.8 Å². The van der Waals surface area contributed by atoms with E-state index in [4.69, 9.17) is 34.8 Å². The van der Waals surface area contributed by atoms with Gasteiger partial charge in [-0.25, -0.2) is 9.69 Å². The average Bonchev–Trinajstić information content (AvgIpc) is 3.06. The van der Waals surface area contributed by atoms with Crippen LogP contribution in [0.2, 0.25) is 10.0 Å². The second-order valence-electron chi connectivity index (χ2n) is 7.59. The third kappa shape index (κ3) is 4.45. The van der Waals surface area contributed by atoms with Gasteiger partial charge < -0.3 is 0 Å². The zero-order valence-corrected chi connectivity index (χ0v) is 18.9. The number of nitrogens with one attached hydrogen (secondary N) is 1. The maximum absolute atomic E-state index is 13.1. The molecule has 1 aliphatic heterocycles. The van der Waals surface area contributed by atoms with Gasteiger partial charge in [0, 0.05) is 23.7 Å². The standard InChI is InChI=1S/C22H23Cl3N4O/c1-14-20(22(30)27-28-11-3-2-4-12-28)26-29(19-10-9-17(24)13-18(19)25)21(14)15-5-7-16(23)8-6-15/h5-7,9-10,13,16H,2-4,8,11-12H2,1H3,(H,27,30). The first-order valence-corrected chi connectivity index (χ1v) is 11.3.